The fourth-order valence-electron chi connectivity index (χ4n) is 2.75. The molecule has 2 rings (SSSR count). The first kappa shape index (κ1) is 18.3. The molecule has 1 aliphatic rings. The highest BCUT2D eigenvalue weighted by Crippen LogP contribution is 2.24. The van der Waals surface area contributed by atoms with Gasteiger partial charge in [0.25, 0.3) is 0 Å². The van der Waals surface area contributed by atoms with Crippen LogP contribution in [0, 0.1) is 5.92 Å². The van der Waals surface area contributed by atoms with Crippen LogP contribution in [0.5, 0.6) is 0 Å². The molecule has 5 heteroatoms. The molecule has 23 heavy (non-hydrogen) atoms. The zero-order valence-electron chi connectivity index (χ0n) is 15.0. The van der Waals surface area contributed by atoms with Crippen LogP contribution in [0.15, 0.2) is 12.1 Å². The van der Waals surface area contributed by atoms with E-state index in [4.69, 9.17) is 4.74 Å². The summed E-state index contributed by atoms with van der Waals surface area (Å²) in [6, 6.07) is 4.82. The smallest absolute Gasteiger partial charge is 0.410 e. The van der Waals surface area contributed by atoms with Gasteiger partial charge >= 0.3 is 6.09 Å². The molecule has 2 unspecified atom stereocenters. The monoisotopic (exact) mass is 338 g/mol. The second-order valence-electron chi connectivity index (χ2n) is 7.37. The van der Waals surface area contributed by atoms with Gasteiger partial charge in [0.15, 0.2) is 0 Å². The molecule has 1 saturated heterocycles. The van der Waals surface area contributed by atoms with Crippen molar-refractivity contribution in [3.05, 3.63) is 21.9 Å². The average Bonchev–Trinajstić information content (AvgIpc) is 3.12. The Balaban J connectivity index is 1.76. The van der Waals surface area contributed by atoms with Crippen molar-refractivity contribution in [1.82, 2.24) is 10.2 Å². The Kier molecular flexibility index (Phi) is 6.09. The number of carbonyl (C=O) groups is 1. The summed E-state index contributed by atoms with van der Waals surface area (Å²) in [5.41, 5.74) is -0.419. The molecule has 1 fully saturated rings. The molecule has 2 heterocycles. The van der Waals surface area contributed by atoms with Crippen molar-refractivity contribution in [2.24, 2.45) is 5.92 Å². The summed E-state index contributed by atoms with van der Waals surface area (Å²) >= 11 is 1.89. The van der Waals surface area contributed by atoms with Crippen molar-refractivity contribution in [2.75, 3.05) is 19.6 Å². The average molecular weight is 339 g/mol. The number of carbonyl (C=O) groups excluding carboxylic acids is 1. The van der Waals surface area contributed by atoms with E-state index >= 15 is 0 Å². The van der Waals surface area contributed by atoms with Crippen LogP contribution in [0.25, 0.3) is 0 Å². The van der Waals surface area contributed by atoms with Crippen LogP contribution in [0.4, 0.5) is 4.79 Å². The third-order valence-corrected chi connectivity index (χ3v) is 5.52. The molecular formula is C18H30N2O2S. The molecule has 0 radical (unpaired) electrons. The number of likely N-dealkylation sites (tertiary alicyclic amines) is 1. The van der Waals surface area contributed by atoms with E-state index in [0.717, 1.165) is 32.5 Å². The lowest BCUT2D eigenvalue weighted by molar-refractivity contribution is 0.0288. The summed E-state index contributed by atoms with van der Waals surface area (Å²) in [5.74, 6) is 0.510. The van der Waals surface area contributed by atoms with Gasteiger partial charge in [0.2, 0.25) is 0 Å². The zero-order valence-corrected chi connectivity index (χ0v) is 15.8. The van der Waals surface area contributed by atoms with Gasteiger partial charge in [0.1, 0.15) is 5.60 Å². The van der Waals surface area contributed by atoms with Crippen LogP contribution in [0.1, 0.15) is 56.8 Å². The van der Waals surface area contributed by atoms with Gasteiger partial charge < -0.3 is 15.0 Å². The van der Waals surface area contributed by atoms with Crippen LogP contribution in [0.3, 0.4) is 0 Å². The first-order valence-electron chi connectivity index (χ1n) is 8.58. The number of nitrogens with one attached hydrogen (secondary N) is 1. The Morgan fingerprint density at radius 3 is 2.83 bits per heavy atom. The second-order valence-corrected chi connectivity index (χ2v) is 8.57. The number of thiophene rings is 1. The third kappa shape index (κ3) is 5.50. The molecule has 4 nitrogen and oxygen atoms in total. The van der Waals surface area contributed by atoms with E-state index < -0.39 is 5.60 Å². The Morgan fingerprint density at radius 2 is 2.22 bits per heavy atom. The minimum Gasteiger partial charge on any atom is -0.444 e. The van der Waals surface area contributed by atoms with Gasteiger partial charge in [-0.2, -0.15) is 0 Å². The molecule has 1 aromatic heterocycles. The molecule has 1 aromatic rings. The van der Waals surface area contributed by atoms with Gasteiger partial charge in [0.05, 0.1) is 0 Å². The first-order chi connectivity index (χ1) is 10.8. The quantitative estimate of drug-likeness (QED) is 0.874. The molecule has 1 amide bonds. The number of hydrogen-bond acceptors (Lipinski definition) is 4. The fraction of sp³-hybridized carbons (Fsp3) is 0.722. The second kappa shape index (κ2) is 7.67. The van der Waals surface area contributed by atoms with Crippen LogP contribution in [-0.2, 0) is 11.2 Å². The topological polar surface area (TPSA) is 41.6 Å². The Hall–Kier alpha value is -1.07. The van der Waals surface area contributed by atoms with E-state index in [0.29, 0.717) is 12.0 Å². The molecule has 130 valence electrons. The van der Waals surface area contributed by atoms with Gasteiger partial charge in [-0.1, -0.05) is 6.92 Å². The molecule has 0 saturated carbocycles. The highest BCUT2D eigenvalue weighted by molar-refractivity contribution is 7.12. The van der Waals surface area contributed by atoms with Gasteiger partial charge in [0, 0.05) is 35.4 Å². The number of rotatable bonds is 5. The number of ether oxygens (including phenoxy) is 1. The molecule has 1 N–H and O–H groups in total. The van der Waals surface area contributed by atoms with Crippen molar-refractivity contribution < 1.29 is 9.53 Å². The van der Waals surface area contributed by atoms with E-state index in [1.807, 2.05) is 37.0 Å². The fourth-order valence-corrected chi connectivity index (χ4v) is 3.73. The Morgan fingerprint density at radius 1 is 1.48 bits per heavy atom. The number of nitrogens with zero attached hydrogens (tertiary/aromatic N) is 1. The zero-order chi connectivity index (χ0) is 17.0. The van der Waals surface area contributed by atoms with Gasteiger partial charge in [-0.25, -0.2) is 4.79 Å². The van der Waals surface area contributed by atoms with Crippen LogP contribution >= 0.6 is 11.3 Å². The normalized spacial score (nSPS) is 19.9. The third-order valence-electron chi connectivity index (χ3n) is 4.11. The largest absolute Gasteiger partial charge is 0.444 e. The number of aryl methyl sites for hydroxylation is 1. The van der Waals surface area contributed by atoms with E-state index in [9.17, 15) is 4.79 Å². The Labute approximate surface area is 144 Å². The Bertz CT molecular complexity index is 521. The van der Waals surface area contributed by atoms with Crippen molar-refractivity contribution in [1.29, 1.82) is 0 Å². The SMILES string of the molecule is CCc1ccc(C(C)NCC2CCN(C(=O)OC(C)(C)C)C2)s1. The van der Waals surface area contributed by atoms with Crippen LogP contribution < -0.4 is 5.32 Å². The minimum atomic E-state index is -0.419. The standard InChI is InChI=1S/C18H30N2O2S/c1-6-15-7-8-16(23-15)13(2)19-11-14-9-10-20(12-14)17(21)22-18(3,4)5/h7-8,13-14,19H,6,9-12H2,1-5H3. The van der Waals surface area contributed by atoms with Crippen molar-refractivity contribution in [2.45, 2.75) is 59.1 Å². The van der Waals surface area contributed by atoms with E-state index in [1.165, 1.54) is 9.75 Å². The summed E-state index contributed by atoms with van der Waals surface area (Å²) in [5, 5.41) is 3.62. The predicted octanol–water partition coefficient (Wildman–Crippen LogP) is 4.22. The molecule has 2 atom stereocenters. The molecule has 0 spiro atoms. The predicted molar refractivity (Wildman–Crippen MR) is 96.0 cm³/mol. The summed E-state index contributed by atoms with van der Waals surface area (Å²) in [6.07, 6.45) is 1.97. The summed E-state index contributed by atoms with van der Waals surface area (Å²) in [6.45, 7) is 12.7. The molecule has 0 bridgehead atoms. The lowest BCUT2D eigenvalue weighted by atomic mass is 10.1. The maximum Gasteiger partial charge on any atom is 0.410 e. The summed E-state index contributed by atoms with van der Waals surface area (Å²) in [7, 11) is 0. The first-order valence-corrected chi connectivity index (χ1v) is 9.40. The van der Waals surface area contributed by atoms with Crippen LogP contribution in [-0.4, -0.2) is 36.2 Å². The van der Waals surface area contributed by atoms with Gasteiger partial charge in [-0.15, -0.1) is 11.3 Å². The minimum absolute atomic E-state index is 0.182. The lowest BCUT2D eigenvalue weighted by Crippen LogP contribution is -2.36. The number of amides is 1. The van der Waals surface area contributed by atoms with Crippen molar-refractivity contribution >= 4 is 17.4 Å². The highest BCUT2D eigenvalue weighted by atomic mass is 32.1. The van der Waals surface area contributed by atoms with Gasteiger partial charge in [-0.3, -0.25) is 0 Å². The van der Waals surface area contributed by atoms with Crippen molar-refractivity contribution in [3.8, 4) is 0 Å². The van der Waals surface area contributed by atoms with Gasteiger partial charge in [-0.05, 0) is 58.6 Å². The van der Waals surface area contributed by atoms with E-state index in [1.54, 1.807) is 0 Å². The molecular weight excluding hydrogens is 308 g/mol. The van der Waals surface area contributed by atoms with E-state index in [2.05, 4.69) is 31.3 Å². The molecule has 1 aliphatic heterocycles. The van der Waals surface area contributed by atoms with Crippen LogP contribution in [0.2, 0.25) is 0 Å². The summed E-state index contributed by atoms with van der Waals surface area (Å²) < 4.78 is 5.45. The molecule has 0 aromatic carbocycles. The number of hydrogen-bond donors (Lipinski definition) is 1. The highest BCUT2D eigenvalue weighted by Gasteiger charge is 2.29. The maximum absolute atomic E-state index is 12.1. The lowest BCUT2D eigenvalue weighted by Gasteiger charge is -2.24. The van der Waals surface area contributed by atoms with E-state index in [-0.39, 0.29) is 6.09 Å². The maximum atomic E-state index is 12.1. The summed E-state index contributed by atoms with van der Waals surface area (Å²) in [4.78, 5) is 16.8. The van der Waals surface area contributed by atoms with Crippen molar-refractivity contribution in [3.63, 3.8) is 0 Å². The molecule has 0 aliphatic carbocycles.